The van der Waals surface area contributed by atoms with E-state index in [4.69, 9.17) is 10.8 Å². The number of hydrogen-bond donors (Lipinski definition) is 5. The Morgan fingerprint density at radius 1 is 1.07 bits per heavy atom. The lowest BCUT2D eigenvalue weighted by Gasteiger charge is -2.13. The van der Waals surface area contributed by atoms with Gasteiger partial charge in [0.25, 0.3) is 0 Å². The number of aliphatic carboxylic acids is 3. The highest BCUT2D eigenvalue weighted by atomic mass is 16.4. The molecule has 1 atom stereocenters. The molecule has 0 aromatic carbocycles. The fourth-order valence-electron chi connectivity index (χ4n) is 2.20. The van der Waals surface area contributed by atoms with Gasteiger partial charge in [-0.2, -0.15) is 0 Å². The van der Waals surface area contributed by atoms with Crippen LogP contribution < -0.4 is 11.1 Å². The highest BCUT2D eigenvalue weighted by Crippen LogP contribution is 2.20. The minimum absolute atomic E-state index is 0.00105. The van der Waals surface area contributed by atoms with Crippen molar-refractivity contribution < 1.29 is 29.7 Å². The van der Waals surface area contributed by atoms with Gasteiger partial charge in [0.1, 0.15) is 0 Å². The smallest absolute Gasteiger partial charge is 0.335 e. The normalized spacial score (nSPS) is 14.6. The van der Waals surface area contributed by atoms with Gasteiger partial charge in [-0.25, -0.2) is 14.4 Å². The minimum Gasteiger partial charge on any atom is -0.478 e. The van der Waals surface area contributed by atoms with Gasteiger partial charge in [0.2, 0.25) is 0 Å². The topological polar surface area (TPSA) is 150 Å². The van der Waals surface area contributed by atoms with Crippen molar-refractivity contribution in [2.45, 2.75) is 19.8 Å². The molecular weight excluding hydrogens is 364 g/mol. The molecule has 0 aliphatic rings. The number of hydrogen-bond acceptors (Lipinski definition) is 5. The van der Waals surface area contributed by atoms with Crippen molar-refractivity contribution in [2.24, 2.45) is 11.7 Å². The first-order valence-corrected chi connectivity index (χ1v) is 8.36. The second-order valence-corrected chi connectivity index (χ2v) is 5.69. The average molecular weight is 390 g/mol. The molecule has 0 fully saturated rings. The Hall–Kier alpha value is -3.55. The Balaban J connectivity index is 5.83. The van der Waals surface area contributed by atoms with E-state index in [2.05, 4.69) is 11.9 Å². The lowest BCUT2D eigenvalue weighted by atomic mass is 9.94. The first-order valence-electron chi connectivity index (χ1n) is 8.36. The van der Waals surface area contributed by atoms with Crippen LogP contribution in [0.15, 0.2) is 71.7 Å². The first kappa shape index (κ1) is 24.5. The third kappa shape index (κ3) is 9.23. The summed E-state index contributed by atoms with van der Waals surface area (Å²) in [6.07, 6.45) is 9.85. The second-order valence-electron chi connectivity index (χ2n) is 5.69. The number of carboxylic acid groups (broad SMARTS) is 3. The predicted octanol–water partition coefficient (Wildman–Crippen LogP) is 2.20. The highest BCUT2D eigenvalue weighted by molar-refractivity contribution is 5.90. The van der Waals surface area contributed by atoms with Crippen LogP contribution in [0.4, 0.5) is 0 Å². The molecule has 0 aliphatic carbocycles. The monoisotopic (exact) mass is 390 g/mol. The zero-order chi connectivity index (χ0) is 21.7. The summed E-state index contributed by atoms with van der Waals surface area (Å²) in [4.78, 5) is 33.7. The fourth-order valence-corrected chi connectivity index (χ4v) is 2.20. The van der Waals surface area contributed by atoms with E-state index in [9.17, 15) is 24.6 Å². The Bertz CT molecular complexity index is 757. The van der Waals surface area contributed by atoms with Gasteiger partial charge in [-0.1, -0.05) is 30.9 Å². The summed E-state index contributed by atoms with van der Waals surface area (Å²) in [7, 11) is 1.62. The third-order valence-electron chi connectivity index (χ3n) is 3.60. The van der Waals surface area contributed by atoms with Crippen LogP contribution in [0.5, 0.6) is 0 Å². The lowest BCUT2D eigenvalue weighted by Crippen LogP contribution is -2.10. The molecule has 0 aromatic heterocycles. The molecule has 1 unspecified atom stereocenters. The Labute approximate surface area is 163 Å². The van der Waals surface area contributed by atoms with E-state index in [1.54, 1.807) is 14.0 Å². The molecule has 6 N–H and O–H groups in total. The maximum absolute atomic E-state index is 11.3. The zero-order valence-corrected chi connectivity index (χ0v) is 15.9. The SMILES string of the molecule is C=C/C(=C\C(C/C=C(\C=C/NC)C(=O)O)C/C(N)=C\C(=C/C)C(=O)O)C(=O)O. The van der Waals surface area contributed by atoms with Gasteiger partial charge in [-0.3, -0.25) is 0 Å². The van der Waals surface area contributed by atoms with Crippen LogP contribution in [0.3, 0.4) is 0 Å². The fraction of sp³-hybridized carbons (Fsp3) is 0.250. The van der Waals surface area contributed by atoms with Gasteiger partial charge in [-0.05, 0) is 44.0 Å². The number of nitrogens with two attached hydrogens (primary N) is 1. The number of nitrogens with one attached hydrogen (secondary N) is 1. The molecule has 0 saturated carbocycles. The molecule has 0 bridgehead atoms. The number of allylic oxidation sites excluding steroid dienone is 4. The molecule has 8 nitrogen and oxygen atoms in total. The maximum Gasteiger partial charge on any atom is 0.335 e. The largest absolute Gasteiger partial charge is 0.478 e. The molecule has 0 rings (SSSR count). The van der Waals surface area contributed by atoms with Crippen molar-refractivity contribution in [3.63, 3.8) is 0 Å². The highest BCUT2D eigenvalue weighted by Gasteiger charge is 2.13. The molecule has 0 spiro atoms. The van der Waals surface area contributed by atoms with Crippen LogP contribution in [0, 0.1) is 5.92 Å². The molecule has 0 saturated heterocycles. The van der Waals surface area contributed by atoms with Crippen molar-refractivity contribution in [3.8, 4) is 0 Å². The van der Waals surface area contributed by atoms with E-state index in [0.29, 0.717) is 0 Å². The predicted molar refractivity (Wildman–Crippen MR) is 106 cm³/mol. The molecule has 0 aromatic rings. The Morgan fingerprint density at radius 3 is 2.07 bits per heavy atom. The Kier molecular flexibility index (Phi) is 11.1. The van der Waals surface area contributed by atoms with Gasteiger partial charge in [0.15, 0.2) is 0 Å². The van der Waals surface area contributed by atoms with Crippen LogP contribution in [0.25, 0.3) is 0 Å². The molecule has 0 aliphatic heterocycles. The van der Waals surface area contributed by atoms with E-state index in [1.165, 1.54) is 42.7 Å². The van der Waals surface area contributed by atoms with Gasteiger partial charge >= 0.3 is 17.9 Å². The first-order chi connectivity index (χ1) is 13.2. The average Bonchev–Trinajstić information content (AvgIpc) is 2.62. The maximum atomic E-state index is 11.3. The van der Waals surface area contributed by atoms with Gasteiger partial charge in [0.05, 0.1) is 16.7 Å². The van der Waals surface area contributed by atoms with Gasteiger partial charge < -0.3 is 26.4 Å². The summed E-state index contributed by atoms with van der Waals surface area (Å²) < 4.78 is 0. The summed E-state index contributed by atoms with van der Waals surface area (Å²) in [6, 6.07) is 0. The molecule has 8 heteroatoms. The van der Waals surface area contributed by atoms with E-state index >= 15 is 0 Å². The second kappa shape index (κ2) is 12.7. The van der Waals surface area contributed by atoms with Crippen LogP contribution in [-0.4, -0.2) is 40.3 Å². The molecule has 0 amide bonds. The van der Waals surface area contributed by atoms with Crippen LogP contribution in [0.1, 0.15) is 19.8 Å². The number of carboxylic acids is 3. The molecule has 152 valence electrons. The zero-order valence-electron chi connectivity index (χ0n) is 15.9. The Morgan fingerprint density at radius 2 is 1.64 bits per heavy atom. The molecule has 28 heavy (non-hydrogen) atoms. The van der Waals surface area contributed by atoms with Crippen molar-refractivity contribution in [2.75, 3.05) is 7.05 Å². The van der Waals surface area contributed by atoms with Crippen LogP contribution in [0.2, 0.25) is 0 Å². The number of carbonyl (C=O) groups is 3. The van der Waals surface area contributed by atoms with Gasteiger partial charge in [-0.15, -0.1) is 0 Å². The summed E-state index contributed by atoms with van der Waals surface area (Å²) in [6.45, 7) is 5.01. The molecule has 0 heterocycles. The summed E-state index contributed by atoms with van der Waals surface area (Å²) in [5.74, 6) is -3.94. The molecular formula is C20H26N2O6. The van der Waals surface area contributed by atoms with Crippen LogP contribution in [-0.2, 0) is 14.4 Å². The lowest BCUT2D eigenvalue weighted by molar-refractivity contribution is -0.133. The minimum atomic E-state index is -1.18. The number of rotatable bonds is 12. The van der Waals surface area contributed by atoms with Crippen molar-refractivity contribution >= 4 is 17.9 Å². The molecule has 0 radical (unpaired) electrons. The van der Waals surface area contributed by atoms with E-state index < -0.39 is 23.8 Å². The third-order valence-corrected chi connectivity index (χ3v) is 3.60. The van der Waals surface area contributed by atoms with Crippen molar-refractivity contribution in [3.05, 3.63) is 71.7 Å². The summed E-state index contributed by atoms with van der Waals surface area (Å²) in [5, 5.41) is 30.2. The summed E-state index contributed by atoms with van der Waals surface area (Å²) >= 11 is 0. The van der Waals surface area contributed by atoms with E-state index in [-0.39, 0.29) is 35.3 Å². The van der Waals surface area contributed by atoms with Crippen molar-refractivity contribution in [1.82, 2.24) is 5.32 Å². The van der Waals surface area contributed by atoms with E-state index in [0.717, 1.165) is 0 Å². The standard InChI is InChI=1S/C20H26N2O6/c1-4-14(18(23)24)10-13(6-7-16(20(27)28)8-9-22-3)11-17(21)12-15(5-2)19(25)26/h4-5,7-10,12-13,22H,1,6,11,21H2,2-3H3,(H,23,24)(H,25,26)(H,27,28)/b9-8-,14-10+,15-5+,16-7+,17-12+. The van der Waals surface area contributed by atoms with Gasteiger partial charge in [0, 0.05) is 12.7 Å². The quantitative estimate of drug-likeness (QED) is 0.251. The van der Waals surface area contributed by atoms with E-state index in [1.807, 2.05) is 0 Å². The van der Waals surface area contributed by atoms with Crippen molar-refractivity contribution in [1.29, 1.82) is 0 Å². The summed E-state index contributed by atoms with van der Waals surface area (Å²) in [5.41, 5.74) is 6.11. The van der Waals surface area contributed by atoms with Crippen LogP contribution >= 0.6 is 0 Å².